The van der Waals surface area contributed by atoms with Gasteiger partial charge in [-0.3, -0.25) is 0 Å². The Morgan fingerprint density at radius 3 is 1.91 bits per heavy atom. The molecule has 1 aliphatic rings. The van der Waals surface area contributed by atoms with Gasteiger partial charge in [0.15, 0.2) is 0 Å². The summed E-state index contributed by atoms with van der Waals surface area (Å²) in [7, 11) is 3.31. The van der Waals surface area contributed by atoms with E-state index in [-0.39, 0.29) is 12.1 Å². The van der Waals surface area contributed by atoms with E-state index in [4.69, 9.17) is 9.47 Å². The molecular formula is C27H30N2O4. The van der Waals surface area contributed by atoms with E-state index < -0.39 is 12.1 Å². The number of hydrogen-bond donors (Lipinski definition) is 2. The lowest BCUT2D eigenvalue weighted by molar-refractivity contribution is 0.163. The van der Waals surface area contributed by atoms with Crippen molar-refractivity contribution >= 4 is 6.03 Å². The van der Waals surface area contributed by atoms with Crippen LogP contribution in [0.1, 0.15) is 29.5 Å². The molecular weight excluding hydrogens is 416 g/mol. The number of nitrogens with zero attached hydrogens (tertiary/aromatic N) is 1. The number of carbonyl (C=O) groups excluding carboxylic acids is 1. The van der Waals surface area contributed by atoms with Crippen LogP contribution in [0.2, 0.25) is 0 Å². The smallest absolute Gasteiger partial charge is 0.319 e. The number of benzene rings is 3. The second-order valence-electron chi connectivity index (χ2n) is 8.12. The van der Waals surface area contributed by atoms with E-state index in [1.165, 1.54) is 0 Å². The zero-order valence-electron chi connectivity index (χ0n) is 19.0. The van der Waals surface area contributed by atoms with Crippen LogP contribution in [0.4, 0.5) is 4.79 Å². The molecule has 0 saturated carbocycles. The van der Waals surface area contributed by atoms with E-state index in [1.54, 1.807) is 14.2 Å². The molecule has 1 atom stereocenters. The number of methoxy groups -OCH3 is 2. The second kappa shape index (κ2) is 9.96. The average molecular weight is 447 g/mol. The summed E-state index contributed by atoms with van der Waals surface area (Å²) in [4.78, 5) is 14.9. The normalized spacial score (nSPS) is 15.8. The first-order valence-electron chi connectivity index (χ1n) is 11.1. The first-order chi connectivity index (χ1) is 16.1. The molecule has 2 amide bonds. The monoisotopic (exact) mass is 446 g/mol. The van der Waals surface area contributed by atoms with Crippen LogP contribution in [0.15, 0.2) is 78.9 Å². The van der Waals surface area contributed by atoms with E-state index in [9.17, 15) is 9.90 Å². The lowest BCUT2D eigenvalue weighted by atomic mass is 9.64. The highest BCUT2D eigenvalue weighted by Crippen LogP contribution is 2.48. The molecule has 1 saturated heterocycles. The maximum absolute atomic E-state index is 13.0. The number of rotatable bonds is 7. The van der Waals surface area contributed by atoms with E-state index in [0.29, 0.717) is 6.54 Å². The Morgan fingerprint density at radius 2 is 1.42 bits per heavy atom. The highest BCUT2D eigenvalue weighted by molar-refractivity contribution is 5.75. The van der Waals surface area contributed by atoms with E-state index in [1.807, 2.05) is 47.4 Å². The molecule has 1 fully saturated rings. The standard InChI is InChI=1S/C27H30N2O4/c1-32-23-14-10-21(11-15-23)27(20-7-4-3-5-8-20,22-12-16-24(33-2)17-13-22)25-9-6-18-29(25)26(31)28-19-30/h3-5,7-8,10-17,25,30H,6,9,18-19H2,1-2H3,(H,28,31)/t25-/m1/s1. The third kappa shape index (κ3) is 4.14. The lowest BCUT2D eigenvalue weighted by Crippen LogP contribution is -2.53. The first kappa shape index (κ1) is 22.7. The van der Waals surface area contributed by atoms with Crippen LogP contribution in [0, 0.1) is 0 Å². The number of nitrogens with one attached hydrogen (secondary N) is 1. The van der Waals surface area contributed by atoms with E-state index in [0.717, 1.165) is 41.0 Å². The number of urea groups is 1. The van der Waals surface area contributed by atoms with Gasteiger partial charge in [0.05, 0.1) is 25.7 Å². The number of carbonyl (C=O) groups is 1. The Balaban J connectivity index is 2.00. The molecule has 33 heavy (non-hydrogen) atoms. The van der Waals surface area contributed by atoms with Gasteiger partial charge >= 0.3 is 6.03 Å². The average Bonchev–Trinajstić information content (AvgIpc) is 3.36. The van der Waals surface area contributed by atoms with Crippen molar-refractivity contribution in [2.24, 2.45) is 0 Å². The van der Waals surface area contributed by atoms with Gasteiger partial charge in [0.2, 0.25) is 0 Å². The molecule has 172 valence electrons. The summed E-state index contributed by atoms with van der Waals surface area (Å²) in [6.07, 6.45) is 1.70. The Labute approximate surface area is 194 Å². The third-order valence-corrected chi connectivity index (χ3v) is 6.56. The predicted molar refractivity (Wildman–Crippen MR) is 128 cm³/mol. The van der Waals surface area contributed by atoms with Crippen LogP contribution in [-0.2, 0) is 5.41 Å². The number of hydrogen-bond acceptors (Lipinski definition) is 4. The fourth-order valence-electron chi connectivity index (χ4n) is 5.12. The third-order valence-electron chi connectivity index (χ3n) is 6.56. The van der Waals surface area contributed by atoms with E-state index in [2.05, 4.69) is 41.7 Å². The van der Waals surface area contributed by atoms with Gasteiger partial charge in [-0.15, -0.1) is 0 Å². The Morgan fingerprint density at radius 1 is 0.909 bits per heavy atom. The minimum absolute atomic E-state index is 0.159. The lowest BCUT2D eigenvalue weighted by Gasteiger charge is -2.44. The summed E-state index contributed by atoms with van der Waals surface area (Å²) in [5.41, 5.74) is 2.58. The predicted octanol–water partition coefficient (Wildman–Crippen LogP) is 4.16. The van der Waals surface area contributed by atoms with Crippen LogP contribution >= 0.6 is 0 Å². The number of ether oxygens (including phenoxy) is 2. The Kier molecular flexibility index (Phi) is 6.84. The maximum atomic E-state index is 13.0. The number of aliphatic hydroxyl groups is 1. The number of amides is 2. The van der Waals surface area contributed by atoms with Crippen molar-refractivity contribution in [3.05, 3.63) is 95.6 Å². The van der Waals surface area contributed by atoms with Crippen LogP contribution in [-0.4, -0.2) is 49.6 Å². The molecule has 1 heterocycles. The fraction of sp³-hybridized carbons (Fsp3) is 0.296. The van der Waals surface area contributed by atoms with Crippen LogP contribution in [0.5, 0.6) is 11.5 Å². The molecule has 6 nitrogen and oxygen atoms in total. The van der Waals surface area contributed by atoms with Gasteiger partial charge in [-0.1, -0.05) is 54.6 Å². The summed E-state index contributed by atoms with van der Waals surface area (Å²) >= 11 is 0. The summed E-state index contributed by atoms with van der Waals surface area (Å²) in [5, 5.41) is 11.9. The second-order valence-corrected chi connectivity index (χ2v) is 8.12. The molecule has 0 bridgehead atoms. The van der Waals surface area contributed by atoms with Gasteiger partial charge in [-0.25, -0.2) is 4.79 Å². The summed E-state index contributed by atoms with van der Waals surface area (Å²) in [5.74, 6) is 1.55. The topological polar surface area (TPSA) is 71.0 Å². The quantitative estimate of drug-likeness (QED) is 0.422. The fourth-order valence-corrected chi connectivity index (χ4v) is 5.12. The van der Waals surface area contributed by atoms with Gasteiger partial charge in [-0.2, -0.15) is 0 Å². The molecule has 0 aliphatic carbocycles. The van der Waals surface area contributed by atoms with Crippen LogP contribution in [0.3, 0.4) is 0 Å². The maximum Gasteiger partial charge on any atom is 0.319 e. The zero-order valence-corrected chi connectivity index (χ0v) is 19.0. The van der Waals surface area contributed by atoms with Crippen molar-refractivity contribution in [3.8, 4) is 11.5 Å². The molecule has 4 rings (SSSR count). The highest BCUT2D eigenvalue weighted by Gasteiger charge is 2.49. The van der Waals surface area contributed by atoms with E-state index >= 15 is 0 Å². The molecule has 0 aromatic heterocycles. The van der Waals surface area contributed by atoms with Gasteiger partial charge in [0.25, 0.3) is 0 Å². The largest absolute Gasteiger partial charge is 0.497 e. The molecule has 1 aliphatic heterocycles. The van der Waals surface area contributed by atoms with Crippen LogP contribution in [0.25, 0.3) is 0 Å². The minimum Gasteiger partial charge on any atom is -0.497 e. The van der Waals surface area contributed by atoms with Gasteiger partial charge < -0.3 is 24.8 Å². The van der Waals surface area contributed by atoms with Crippen molar-refractivity contribution < 1.29 is 19.4 Å². The van der Waals surface area contributed by atoms with Crippen molar-refractivity contribution in [1.29, 1.82) is 0 Å². The van der Waals surface area contributed by atoms with Gasteiger partial charge in [-0.05, 0) is 53.8 Å². The number of aliphatic hydroxyl groups excluding tert-OH is 1. The zero-order chi connectivity index (χ0) is 23.3. The van der Waals surface area contributed by atoms with Crippen molar-refractivity contribution in [2.75, 3.05) is 27.5 Å². The first-order valence-corrected chi connectivity index (χ1v) is 11.1. The molecule has 2 N–H and O–H groups in total. The van der Waals surface area contributed by atoms with Crippen molar-refractivity contribution in [3.63, 3.8) is 0 Å². The molecule has 0 radical (unpaired) electrons. The molecule has 0 unspecified atom stereocenters. The minimum atomic E-state index is -0.636. The SMILES string of the molecule is COc1ccc(C(c2ccccc2)(c2ccc(OC)cc2)[C@H]2CCCN2C(=O)NCO)cc1. The highest BCUT2D eigenvalue weighted by atomic mass is 16.5. The van der Waals surface area contributed by atoms with Gasteiger partial charge in [0.1, 0.15) is 18.2 Å². The molecule has 3 aromatic rings. The van der Waals surface area contributed by atoms with Crippen molar-refractivity contribution in [2.45, 2.75) is 24.3 Å². The van der Waals surface area contributed by atoms with Gasteiger partial charge in [0, 0.05) is 6.54 Å². The Bertz CT molecular complexity index is 1000. The van der Waals surface area contributed by atoms with Crippen LogP contribution < -0.4 is 14.8 Å². The summed E-state index contributed by atoms with van der Waals surface area (Å²) in [6, 6.07) is 26.1. The summed E-state index contributed by atoms with van der Waals surface area (Å²) in [6.45, 7) is 0.225. The van der Waals surface area contributed by atoms with Crippen molar-refractivity contribution in [1.82, 2.24) is 10.2 Å². The number of likely N-dealkylation sites (tertiary alicyclic amines) is 1. The molecule has 6 heteroatoms. The molecule has 3 aromatic carbocycles. The Hall–Kier alpha value is -3.51. The summed E-state index contributed by atoms with van der Waals surface area (Å²) < 4.78 is 10.8. The molecule has 0 spiro atoms.